The Hall–Kier alpha value is -3.93. The van der Waals surface area contributed by atoms with E-state index >= 15 is 0 Å². The number of nitrogens with zero attached hydrogens (tertiary/aromatic N) is 5. The molecule has 0 fully saturated rings. The van der Waals surface area contributed by atoms with E-state index in [9.17, 15) is 18.4 Å². The molecule has 1 aliphatic rings. The second-order valence-electron chi connectivity index (χ2n) is 7.23. The molecule has 0 bridgehead atoms. The first-order valence-electron chi connectivity index (χ1n) is 9.86. The van der Waals surface area contributed by atoms with Gasteiger partial charge >= 0.3 is 6.61 Å². The fourth-order valence-corrected chi connectivity index (χ4v) is 4.81. The summed E-state index contributed by atoms with van der Waals surface area (Å²) in [6, 6.07) is 1.28. The molecule has 1 aliphatic heterocycles. The average Bonchev–Trinajstić information content (AvgIpc) is 3.42. The van der Waals surface area contributed by atoms with Crippen molar-refractivity contribution in [2.24, 2.45) is 0 Å². The van der Waals surface area contributed by atoms with Crippen molar-refractivity contribution in [1.29, 1.82) is 0 Å². The monoisotopic (exact) mass is 470 g/mol. The summed E-state index contributed by atoms with van der Waals surface area (Å²) in [5, 5.41) is 8.59. The molecule has 9 nitrogen and oxygen atoms in total. The second kappa shape index (κ2) is 8.54. The average molecular weight is 470 g/mol. The molecule has 4 aromatic heterocycles. The molecule has 12 heteroatoms. The van der Waals surface area contributed by atoms with Crippen LogP contribution in [-0.2, 0) is 13.0 Å². The van der Waals surface area contributed by atoms with Gasteiger partial charge in [-0.3, -0.25) is 19.6 Å². The summed E-state index contributed by atoms with van der Waals surface area (Å²) in [6.07, 6.45) is 9.40. The molecule has 0 saturated heterocycles. The molecule has 0 radical (unpaired) electrons. The lowest BCUT2D eigenvalue weighted by Crippen LogP contribution is -2.35. The van der Waals surface area contributed by atoms with Crippen LogP contribution in [0, 0.1) is 0 Å². The van der Waals surface area contributed by atoms with Crippen LogP contribution >= 0.6 is 11.3 Å². The number of halogens is 2. The predicted molar refractivity (Wildman–Crippen MR) is 115 cm³/mol. The van der Waals surface area contributed by atoms with Crippen molar-refractivity contribution >= 4 is 34.4 Å². The van der Waals surface area contributed by atoms with E-state index < -0.39 is 6.61 Å². The van der Waals surface area contributed by atoms with Crippen molar-refractivity contribution in [2.45, 2.75) is 19.6 Å². The van der Waals surface area contributed by atoms with Crippen LogP contribution in [0.2, 0.25) is 0 Å². The SMILES string of the molecule is O=C(Nc1cncc(OC(F)F)c1)c1csc2c1CCN(C(=O)c1cnn3ccncc13)C2. The molecular formula is C21H16F2N6O3S. The predicted octanol–water partition coefficient (Wildman–Crippen LogP) is 3.24. The first-order chi connectivity index (χ1) is 16.0. The minimum Gasteiger partial charge on any atom is -0.433 e. The first-order valence-corrected chi connectivity index (χ1v) is 10.7. The summed E-state index contributed by atoms with van der Waals surface area (Å²) in [7, 11) is 0. The Balaban J connectivity index is 1.31. The van der Waals surface area contributed by atoms with Crippen molar-refractivity contribution in [1.82, 2.24) is 24.5 Å². The van der Waals surface area contributed by atoms with Gasteiger partial charge in [-0.25, -0.2) is 4.52 Å². The third-order valence-electron chi connectivity index (χ3n) is 5.23. The minimum atomic E-state index is -2.98. The van der Waals surface area contributed by atoms with Gasteiger partial charge in [0.25, 0.3) is 11.8 Å². The van der Waals surface area contributed by atoms with Crippen LogP contribution in [0.5, 0.6) is 5.75 Å². The zero-order chi connectivity index (χ0) is 22.9. The van der Waals surface area contributed by atoms with Crippen molar-refractivity contribution < 1.29 is 23.1 Å². The molecule has 0 atom stereocenters. The third-order valence-corrected chi connectivity index (χ3v) is 6.24. The maximum Gasteiger partial charge on any atom is 0.387 e. The summed E-state index contributed by atoms with van der Waals surface area (Å²) in [6.45, 7) is -2.16. The zero-order valence-corrected chi connectivity index (χ0v) is 17.8. The van der Waals surface area contributed by atoms with Gasteiger partial charge in [0, 0.05) is 35.3 Å². The molecule has 168 valence electrons. The quantitative estimate of drug-likeness (QED) is 0.481. The Morgan fingerprint density at radius 1 is 1.15 bits per heavy atom. The molecule has 4 aromatic rings. The molecule has 0 aromatic carbocycles. The number of ether oxygens (including phenoxy) is 1. The van der Waals surface area contributed by atoms with E-state index in [0.29, 0.717) is 36.2 Å². The molecule has 5 heterocycles. The summed E-state index contributed by atoms with van der Waals surface area (Å²) in [5.74, 6) is -0.672. The van der Waals surface area contributed by atoms with Gasteiger partial charge in [0.15, 0.2) is 0 Å². The van der Waals surface area contributed by atoms with Gasteiger partial charge in [-0.2, -0.15) is 13.9 Å². The summed E-state index contributed by atoms with van der Waals surface area (Å²) in [5.41, 5.74) is 2.71. The maximum atomic E-state index is 13.1. The Kier molecular flexibility index (Phi) is 5.42. The van der Waals surface area contributed by atoms with Crippen LogP contribution in [0.25, 0.3) is 5.52 Å². The molecule has 1 N–H and O–H groups in total. The molecule has 0 spiro atoms. The normalized spacial score (nSPS) is 13.2. The lowest BCUT2D eigenvalue weighted by molar-refractivity contribution is -0.0500. The largest absolute Gasteiger partial charge is 0.433 e. The van der Waals surface area contributed by atoms with Crippen LogP contribution in [0.3, 0.4) is 0 Å². The molecule has 0 aliphatic carbocycles. The highest BCUT2D eigenvalue weighted by molar-refractivity contribution is 7.10. The summed E-state index contributed by atoms with van der Waals surface area (Å²) in [4.78, 5) is 36.4. The van der Waals surface area contributed by atoms with E-state index in [2.05, 4.69) is 25.1 Å². The fourth-order valence-electron chi connectivity index (χ4n) is 3.71. The van der Waals surface area contributed by atoms with Gasteiger partial charge in [0.1, 0.15) is 5.75 Å². The van der Waals surface area contributed by atoms with Crippen molar-refractivity contribution in [2.75, 3.05) is 11.9 Å². The Labute approximate surface area is 189 Å². The highest BCUT2D eigenvalue weighted by atomic mass is 32.1. The number of rotatable bonds is 5. The zero-order valence-electron chi connectivity index (χ0n) is 16.9. The lowest BCUT2D eigenvalue weighted by Gasteiger charge is -2.27. The highest BCUT2D eigenvalue weighted by Gasteiger charge is 2.28. The van der Waals surface area contributed by atoms with Crippen molar-refractivity contribution in [3.8, 4) is 5.75 Å². The van der Waals surface area contributed by atoms with Gasteiger partial charge in [0.2, 0.25) is 0 Å². The van der Waals surface area contributed by atoms with Crippen LogP contribution in [0.1, 0.15) is 31.2 Å². The van der Waals surface area contributed by atoms with Crippen molar-refractivity contribution in [3.05, 3.63) is 70.2 Å². The second-order valence-corrected chi connectivity index (χ2v) is 8.20. The number of hydrogen-bond acceptors (Lipinski definition) is 7. The van der Waals surface area contributed by atoms with Crippen LogP contribution < -0.4 is 10.1 Å². The third kappa shape index (κ3) is 4.12. The summed E-state index contributed by atoms with van der Waals surface area (Å²) >= 11 is 1.40. The maximum absolute atomic E-state index is 13.1. The Bertz CT molecular complexity index is 1350. The number of anilines is 1. The van der Waals surface area contributed by atoms with E-state index in [-0.39, 0.29) is 23.3 Å². The fraction of sp³-hybridized carbons (Fsp3) is 0.190. The van der Waals surface area contributed by atoms with Gasteiger partial charge in [0.05, 0.1) is 53.7 Å². The number of amides is 2. The number of pyridine rings is 1. The number of hydrogen-bond donors (Lipinski definition) is 1. The lowest BCUT2D eigenvalue weighted by atomic mass is 10.0. The van der Waals surface area contributed by atoms with E-state index in [1.165, 1.54) is 29.8 Å². The van der Waals surface area contributed by atoms with Gasteiger partial charge in [-0.05, 0) is 12.0 Å². The molecule has 33 heavy (non-hydrogen) atoms. The minimum absolute atomic E-state index is 0.146. The number of nitrogens with one attached hydrogen (secondary N) is 1. The molecule has 2 amide bonds. The van der Waals surface area contributed by atoms with E-state index in [1.54, 1.807) is 33.4 Å². The standard InChI is InChI=1S/C21H16F2N6O3S/c22-21(23)32-13-5-12(6-25-7-13)27-19(30)16-11-33-18-10-28(3-1-14(16)18)20(31)15-8-26-29-4-2-24-9-17(15)29/h2,4-9,11,21H,1,3,10H2,(H,27,30). The van der Waals surface area contributed by atoms with Crippen molar-refractivity contribution in [3.63, 3.8) is 0 Å². The van der Waals surface area contributed by atoms with E-state index in [0.717, 1.165) is 16.6 Å². The molecule has 0 saturated carbocycles. The molecular weight excluding hydrogens is 454 g/mol. The highest BCUT2D eigenvalue weighted by Crippen LogP contribution is 2.30. The van der Waals surface area contributed by atoms with Gasteiger partial charge in [-0.1, -0.05) is 0 Å². The van der Waals surface area contributed by atoms with Crippen LogP contribution in [0.15, 0.2) is 48.6 Å². The topological polar surface area (TPSA) is 102 Å². The number of alkyl halides is 2. The summed E-state index contributed by atoms with van der Waals surface area (Å²) < 4.78 is 30.7. The van der Waals surface area contributed by atoms with E-state index in [4.69, 9.17) is 0 Å². The number of carbonyl (C=O) groups excluding carboxylic acids is 2. The van der Waals surface area contributed by atoms with E-state index in [1.807, 2.05) is 0 Å². The smallest absolute Gasteiger partial charge is 0.387 e. The van der Waals surface area contributed by atoms with Crippen LogP contribution in [0.4, 0.5) is 14.5 Å². The number of carbonyl (C=O) groups is 2. The number of thiophene rings is 1. The number of fused-ring (bicyclic) bond motifs is 2. The molecule has 5 rings (SSSR count). The Morgan fingerprint density at radius 2 is 2.03 bits per heavy atom. The number of aromatic nitrogens is 4. The molecule has 0 unspecified atom stereocenters. The van der Waals surface area contributed by atoms with Gasteiger partial charge < -0.3 is 15.0 Å². The first kappa shape index (κ1) is 20.9. The Morgan fingerprint density at radius 3 is 2.88 bits per heavy atom. The van der Waals surface area contributed by atoms with Gasteiger partial charge in [-0.15, -0.1) is 11.3 Å². The van der Waals surface area contributed by atoms with Crippen LogP contribution in [-0.4, -0.2) is 49.5 Å².